The van der Waals surface area contributed by atoms with Crippen LogP contribution < -0.4 is 85.9 Å². The van der Waals surface area contributed by atoms with Crippen LogP contribution >= 0.6 is 7.60 Å². The molecule has 1 aromatic carbocycles. The van der Waals surface area contributed by atoms with Gasteiger partial charge in [-0.2, -0.15) is 0 Å². The van der Waals surface area contributed by atoms with Gasteiger partial charge in [0.1, 0.15) is 74.2 Å². The molecule has 2 unspecified atom stereocenters. The topological polar surface area (TPSA) is 564 Å². The largest absolute Gasteiger partial charge is 0.778 e. The van der Waals surface area contributed by atoms with Gasteiger partial charge in [0.05, 0.1) is 31.9 Å². The molecule has 4 aliphatic carbocycles. The Morgan fingerprint density at radius 2 is 1.32 bits per heavy atom. The molecule has 0 aromatic heterocycles. The number of carbonyl (C=O) groups is 12. The first-order valence-electron chi connectivity index (χ1n) is 36.8. The smallest absolute Gasteiger partial charge is 0.275 e. The molecule has 21 atom stereocenters. The van der Waals surface area contributed by atoms with Gasteiger partial charge in [-0.05, 0) is 147 Å². The van der Waals surface area contributed by atoms with Crippen LogP contribution in [0.1, 0.15) is 125 Å². The summed E-state index contributed by atoms with van der Waals surface area (Å²) in [6, 6.07) is -5.54. The van der Waals surface area contributed by atoms with Gasteiger partial charge in [0.25, 0.3) is 5.91 Å². The van der Waals surface area contributed by atoms with Gasteiger partial charge in [0.2, 0.25) is 53.2 Å². The molecule has 1 aliphatic heterocycles. The number of aliphatic hydroxyl groups is 4. The number of hydrogen-bond donors (Lipinski definition) is 19. The van der Waals surface area contributed by atoms with Crippen LogP contribution in [0.25, 0.3) is 0 Å². The van der Waals surface area contributed by atoms with Crippen molar-refractivity contribution in [2.24, 2.45) is 57.4 Å². The number of benzene rings is 1. The molecule has 1 heterocycles. The summed E-state index contributed by atoms with van der Waals surface area (Å²) < 4.78 is 36.3. The number of fused-ring (bicyclic) bond motifs is 5. The Morgan fingerprint density at radius 3 is 1.89 bits per heavy atom. The SMILES string of the molecule is CC(C)C[C@@H]1NC(=O)[C@@H](Cc2ccccc2)NC(=O)[C@H](CCN)NC(=O)[C@@H](NC(=O)[C@H](CCN)NC(=O)[C@@H](NC(=O)C[NH+](C)CCCP(=O)([O-])OCC(=O)[C@@]2(O)[C@H](C)C[C@H]3[C@@H]4CCC5=CC(=O)C=C[C@]5(C)[C@@]4(F)[C@@H](O)C[C@@]32C)[C@@H](C)O)CCNC(=O)[C@H]([C@@H](C)O)NC(=O)[C@H](CCN)NC(=O)[C@H](CCN)NC1=O. The van der Waals surface area contributed by atoms with Crippen LogP contribution in [0.4, 0.5) is 4.39 Å². The second kappa shape index (κ2) is 38.7. The number of alkyl halides is 1. The number of carbonyl (C=O) groups excluding carboxylic acids is 12. The molecule has 6 rings (SSSR count). The highest BCUT2D eigenvalue weighted by atomic mass is 31.2. The molecule has 598 valence electrons. The van der Waals surface area contributed by atoms with Gasteiger partial charge >= 0.3 is 0 Å². The van der Waals surface area contributed by atoms with Crippen LogP contribution in [0.2, 0.25) is 0 Å². The maximum absolute atomic E-state index is 17.7. The third-order valence-electron chi connectivity index (χ3n) is 21.7. The van der Waals surface area contributed by atoms with Crippen LogP contribution in [-0.2, 0) is 73.0 Å². The summed E-state index contributed by atoms with van der Waals surface area (Å²) in [6.45, 7) is 7.96. The summed E-state index contributed by atoms with van der Waals surface area (Å²) in [5.41, 5.74) is 17.6. The summed E-state index contributed by atoms with van der Waals surface area (Å²) in [4.78, 5) is 182. The summed E-state index contributed by atoms with van der Waals surface area (Å²) in [6.07, 6.45) is -2.62. The average molecular weight is 1530 g/mol. The molecule has 3 saturated carbocycles. The van der Waals surface area contributed by atoms with E-state index in [-0.39, 0.29) is 109 Å². The molecule has 23 N–H and O–H groups in total. The van der Waals surface area contributed by atoms with Gasteiger partial charge in [0, 0.05) is 42.3 Å². The van der Waals surface area contributed by atoms with E-state index < -0.39 is 217 Å². The summed E-state index contributed by atoms with van der Waals surface area (Å²) in [5.74, 6) is -13.3. The van der Waals surface area contributed by atoms with Crippen LogP contribution in [0.15, 0.2) is 54.1 Å². The average Bonchev–Trinajstić information content (AvgIpc) is 0.872. The van der Waals surface area contributed by atoms with E-state index in [0.717, 1.165) is 0 Å². The highest BCUT2D eigenvalue weighted by molar-refractivity contribution is 7.51. The number of rotatable bonds is 29. The summed E-state index contributed by atoms with van der Waals surface area (Å²) >= 11 is 0. The predicted octanol–water partition coefficient (Wildman–Crippen LogP) is -6.29. The number of likely N-dealkylation sites (N-methyl/N-ethyl adjacent to an activating group) is 1. The molecule has 0 radical (unpaired) electrons. The number of hydrogen-bond acceptors (Lipinski definition) is 23. The molecule has 1 saturated heterocycles. The second-order valence-corrected chi connectivity index (χ2v) is 32.0. The number of ketones is 2. The Hall–Kier alpha value is -7.54. The minimum atomic E-state index is -4.82. The van der Waals surface area contributed by atoms with Crippen LogP contribution in [0.3, 0.4) is 0 Å². The number of allylic oxidation sites excluding steroid dienone is 4. The normalized spacial score (nSPS) is 31.8. The van der Waals surface area contributed by atoms with E-state index in [9.17, 15) is 87.4 Å². The van der Waals surface area contributed by atoms with E-state index in [1.165, 1.54) is 39.1 Å². The van der Waals surface area contributed by atoms with Gasteiger partial charge in [-0.15, -0.1) is 0 Å². The standard InChI is InChI=1S/C71H113FN15O19P/c1-38(2)31-52-64(99)80-47(18-24-73)59(94)79-50(21-27-76)63(98)86-57(40(4)88)66(101)77-28-22-51(62(97)78-48(19-25-74)61(96)84-53(65(100)83-52)33-42-13-10-9-11-14-42)81-60(95)49(20-26-75)82-67(102)58(41(5)89)85-56(93)36-87(8)29-12-30-107(104,105)106-37-55(92)71(103)39(3)32-46-45-16-15-43-34-44(90)17-23-68(43,6)70(45,72)54(91)35-69(46,71)7/h9-11,13-14,17,23,34,38-41,45-54,57-58,88-89,91,103H,12,15-16,18-22,24-33,35-37,73-76H2,1-8H3,(H,77,101)(H,78,97)(H,79,94)(H,80,99)(H,81,95)(H,82,102)(H,83,100)(H,84,96)(H,85,93)(H,86,98)(H,104,105)/t39-,40-,41-,45+,46+,47+,48+,49+,50+,51+,52+,53-,54+,57+,58+,68+,69+,70+,71+/m1/s1. The Bertz CT molecular complexity index is 3480. The van der Waals surface area contributed by atoms with Crippen LogP contribution in [-0.4, -0.2) is 241 Å². The maximum Gasteiger partial charge on any atom is 0.275 e. The Labute approximate surface area is 622 Å². The van der Waals surface area contributed by atoms with Crippen LogP contribution in [0.5, 0.6) is 0 Å². The van der Waals surface area contributed by atoms with Crippen LogP contribution in [0, 0.1) is 34.5 Å². The van der Waals surface area contributed by atoms with Crippen molar-refractivity contribution >= 4 is 78.2 Å². The first-order chi connectivity index (χ1) is 50.2. The van der Waals surface area contributed by atoms with E-state index in [1.54, 1.807) is 65.0 Å². The van der Waals surface area contributed by atoms with E-state index in [1.807, 2.05) is 0 Å². The molecule has 10 amide bonds. The molecule has 1 aromatic rings. The zero-order valence-corrected chi connectivity index (χ0v) is 63.1. The fourth-order valence-electron chi connectivity index (χ4n) is 15.8. The number of quaternary nitrogens is 1. The van der Waals surface area contributed by atoms with Crippen molar-refractivity contribution in [3.63, 3.8) is 0 Å². The van der Waals surface area contributed by atoms with Gasteiger partial charge in [-0.25, -0.2) is 4.39 Å². The van der Waals surface area contributed by atoms with Crippen molar-refractivity contribution in [2.45, 2.75) is 209 Å². The number of aliphatic hydroxyl groups excluding tert-OH is 3. The molecule has 0 spiro atoms. The first kappa shape index (κ1) is 88.4. The fourth-order valence-corrected chi connectivity index (χ4v) is 16.8. The lowest BCUT2D eigenvalue weighted by molar-refractivity contribution is -0.871. The third kappa shape index (κ3) is 21.7. The molecule has 0 bridgehead atoms. The lowest BCUT2D eigenvalue weighted by Crippen LogP contribution is -3.10. The highest BCUT2D eigenvalue weighted by Gasteiger charge is 2.75. The van der Waals surface area contributed by atoms with Gasteiger partial charge in [-0.3, -0.25) is 57.5 Å². The molecule has 34 nitrogen and oxygen atoms in total. The molecular weight excluding hydrogens is 1420 g/mol. The van der Waals surface area contributed by atoms with Gasteiger partial charge < -0.3 is 115 Å². The Morgan fingerprint density at radius 1 is 0.757 bits per heavy atom. The van der Waals surface area contributed by atoms with Crippen molar-refractivity contribution in [3.05, 3.63) is 59.7 Å². The molecule has 107 heavy (non-hydrogen) atoms. The lowest BCUT2D eigenvalue weighted by atomic mass is 9.44. The monoisotopic (exact) mass is 1530 g/mol. The molecule has 5 aliphatic rings. The van der Waals surface area contributed by atoms with Gasteiger partial charge in [0.15, 0.2) is 23.8 Å². The minimum Gasteiger partial charge on any atom is -0.778 e. The molecular formula is C71H113FN15O19P. The first-order valence-corrected chi connectivity index (χ1v) is 38.5. The van der Waals surface area contributed by atoms with Crippen molar-refractivity contribution in [2.75, 3.05) is 65.6 Å². The number of halogens is 1. The number of Topliss-reactive ketones (excluding diaryl/α,β-unsaturated/α-hetero) is 1. The zero-order chi connectivity index (χ0) is 79.7. The van der Waals surface area contributed by atoms with E-state index in [4.69, 9.17) is 27.5 Å². The van der Waals surface area contributed by atoms with E-state index >= 15 is 4.39 Å². The van der Waals surface area contributed by atoms with E-state index in [0.29, 0.717) is 22.5 Å². The summed E-state index contributed by atoms with van der Waals surface area (Å²) in [7, 11) is -3.29. The van der Waals surface area contributed by atoms with Crippen molar-refractivity contribution < 1.29 is 101 Å². The zero-order valence-electron chi connectivity index (χ0n) is 62.3. The van der Waals surface area contributed by atoms with E-state index in [2.05, 4.69) is 53.2 Å². The number of amides is 10. The van der Waals surface area contributed by atoms with Crippen molar-refractivity contribution in [1.29, 1.82) is 0 Å². The fraction of sp³-hybridized carbons (Fsp3) is 0.690. The van der Waals surface area contributed by atoms with Crippen molar-refractivity contribution in [1.82, 2.24) is 53.2 Å². The predicted molar refractivity (Wildman–Crippen MR) is 385 cm³/mol. The minimum absolute atomic E-state index is 0.00154. The second-order valence-electron chi connectivity index (χ2n) is 30.1. The Balaban J connectivity index is 1.14. The van der Waals surface area contributed by atoms with Gasteiger partial charge in [-0.1, -0.05) is 69.7 Å². The number of nitrogens with two attached hydrogens (primary N) is 4. The highest BCUT2D eigenvalue weighted by Crippen LogP contribution is 2.71. The van der Waals surface area contributed by atoms with Crippen molar-refractivity contribution in [3.8, 4) is 0 Å². The quantitative estimate of drug-likeness (QED) is 0.0332. The summed E-state index contributed by atoms with van der Waals surface area (Å²) in [5, 5.41) is 71.1. The third-order valence-corrected chi connectivity index (χ3v) is 23.0. The Kier molecular flexibility index (Phi) is 32.0. The molecule has 4 fully saturated rings. The number of nitrogens with one attached hydrogen (secondary N) is 11. The maximum atomic E-state index is 17.7. The lowest BCUT2D eigenvalue weighted by Gasteiger charge is -2.62. The molecule has 36 heteroatoms.